The van der Waals surface area contributed by atoms with Crippen molar-refractivity contribution in [3.8, 4) is 6.07 Å². The van der Waals surface area contributed by atoms with Gasteiger partial charge in [0.1, 0.15) is 18.4 Å². The average molecular weight is 217 g/mol. The summed E-state index contributed by atoms with van der Waals surface area (Å²) in [5.74, 6) is -0.608. The van der Waals surface area contributed by atoms with Crippen molar-refractivity contribution < 1.29 is 9.90 Å². The maximum atomic E-state index is 10.7. The minimum atomic E-state index is -0.976. The Morgan fingerprint density at radius 3 is 3.06 bits per heavy atom. The van der Waals surface area contributed by atoms with Crippen molar-refractivity contribution in [3.05, 3.63) is 36.5 Å². The fraction of sp³-hybridized carbons (Fsp3) is 0.182. The molecule has 0 amide bonds. The number of aliphatic carboxylic acids is 1. The number of hydrogen-bond donors (Lipinski definition) is 1. The maximum absolute atomic E-state index is 10.7. The molecule has 0 atom stereocenters. The van der Waals surface area contributed by atoms with Crippen LogP contribution in [0.5, 0.6) is 0 Å². The second-order valence-corrected chi connectivity index (χ2v) is 3.05. The van der Waals surface area contributed by atoms with Crippen molar-refractivity contribution in [2.24, 2.45) is 0 Å². The number of carbonyl (C=O) groups is 1. The van der Waals surface area contributed by atoms with Crippen molar-refractivity contribution in [3.63, 3.8) is 0 Å². The molecule has 1 aromatic heterocycles. The summed E-state index contributed by atoms with van der Waals surface area (Å²) in [4.78, 5) is 16.2. The van der Waals surface area contributed by atoms with Crippen LogP contribution in [0.4, 0.5) is 5.82 Å². The Morgan fingerprint density at radius 2 is 2.50 bits per heavy atom. The van der Waals surface area contributed by atoms with Crippen molar-refractivity contribution in [2.75, 3.05) is 18.0 Å². The third-order valence-electron chi connectivity index (χ3n) is 1.88. The Morgan fingerprint density at radius 1 is 1.75 bits per heavy atom. The Balaban J connectivity index is 3.05. The van der Waals surface area contributed by atoms with E-state index in [1.54, 1.807) is 18.2 Å². The Hall–Kier alpha value is -2.35. The summed E-state index contributed by atoms with van der Waals surface area (Å²) >= 11 is 0. The van der Waals surface area contributed by atoms with Crippen LogP contribution in [-0.4, -0.2) is 29.1 Å². The quantitative estimate of drug-likeness (QED) is 0.745. The first-order valence-corrected chi connectivity index (χ1v) is 4.61. The minimum absolute atomic E-state index is 0.211. The van der Waals surface area contributed by atoms with E-state index in [9.17, 15) is 4.79 Å². The lowest BCUT2D eigenvalue weighted by atomic mass is 10.2. The highest BCUT2D eigenvalue weighted by Gasteiger charge is 2.13. The maximum Gasteiger partial charge on any atom is 0.323 e. The summed E-state index contributed by atoms with van der Waals surface area (Å²) in [7, 11) is 0. The Kier molecular flexibility index (Phi) is 4.04. The number of carboxylic acids is 1. The summed E-state index contributed by atoms with van der Waals surface area (Å²) in [5, 5.41) is 17.6. The predicted octanol–water partition coefficient (Wildman–Crippen LogP) is 1.03. The van der Waals surface area contributed by atoms with E-state index in [-0.39, 0.29) is 6.54 Å². The zero-order chi connectivity index (χ0) is 12.0. The van der Waals surface area contributed by atoms with Crippen molar-refractivity contribution in [1.29, 1.82) is 5.26 Å². The van der Waals surface area contributed by atoms with Gasteiger partial charge < -0.3 is 10.0 Å². The molecule has 5 heteroatoms. The standard InChI is InChI=1S/C11H11N3O2/c1-2-6-14(8-10(15)16)11-9(7-12)4-3-5-13-11/h2-5H,1,6,8H2,(H,15,16). The zero-order valence-corrected chi connectivity index (χ0v) is 8.63. The second-order valence-electron chi connectivity index (χ2n) is 3.05. The number of anilines is 1. The highest BCUT2D eigenvalue weighted by Crippen LogP contribution is 2.15. The first kappa shape index (κ1) is 11.7. The largest absolute Gasteiger partial charge is 0.480 e. The van der Waals surface area contributed by atoms with Crippen LogP contribution in [-0.2, 0) is 4.79 Å². The monoisotopic (exact) mass is 217 g/mol. The van der Waals surface area contributed by atoms with Crippen LogP contribution in [0.2, 0.25) is 0 Å². The molecular formula is C11H11N3O2. The van der Waals surface area contributed by atoms with Gasteiger partial charge in [-0.2, -0.15) is 5.26 Å². The molecule has 1 heterocycles. The van der Waals surface area contributed by atoms with E-state index >= 15 is 0 Å². The van der Waals surface area contributed by atoms with Gasteiger partial charge in [0.2, 0.25) is 0 Å². The first-order chi connectivity index (χ1) is 7.69. The molecule has 0 bridgehead atoms. The van der Waals surface area contributed by atoms with E-state index in [4.69, 9.17) is 10.4 Å². The number of aromatic nitrogens is 1. The van der Waals surface area contributed by atoms with Crippen LogP contribution in [0.3, 0.4) is 0 Å². The number of nitriles is 1. The molecule has 0 aliphatic rings. The smallest absolute Gasteiger partial charge is 0.323 e. The third-order valence-corrected chi connectivity index (χ3v) is 1.88. The Bertz CT molecular complexity index is 437. The molecule has 1 rings (SSSR count). The van der Waals surface area contributed by atoms with Crippen LogP contribution >= 0.6 is 0 Å². The van der Waals surface area contributed by atoms with Crippen molar-refractivity contribution >= 4 is 11.8 Å². The third kappa shape index (κ3) is 2.82. The minimum Gasteiger partial charge on any atom is -0.480 e. The summed E-state index contributed by atoms with van der Waals surface area (Å²) in [5.41, 5.74) is 0.352. The van der Waals surface area contributed by atoms with Gasteiger partial charge in [0, 0.05) is 12.7 Å². The molecule has 16 heavy (non-hydrogen) atoms. The topological polar surface area (TPSA) is 77.2 Å². The van der Waals surface area contributed by atoms with Gasteiger partial charge in [-0.25, -0.2) is 4.98 Å². The molecule has 0 aromatic carbocycles. The van der Waals surface area contributed by atoms with Gasteiger partial charge in [0.15, 0.2) is 0 Å². The fourth-order valence-corrected chi connectivity index (χ4v) is 1.28. The van der Waals surface area contributed by atoms with E-state index in [1.807, 2.05) is 6.07 Å². The SMILES string of the molecule is C=CCN(CC(=O)O)c1ncccc1C#N. The molecule has 0 aliphatic heterocycles. The van der Waals surface area contributed by atoms with Gasteiger partial charge >= 0.3 is 5.97 Å². The highest BCUT2D eigenvalue weighted by atomic mass is 16.4. The number of carboxylic acid groups (broad SMARTS) is 1. The summed E-state index contributed by atoms with van der Waals surface area (Å²) in [6.45, 7) is 3.66. The molecule has 0 saturated heterocycles. The molecular weight excluding hydrogens is 206 g/mol. The molecule has 1 aromatic rings. The molecule has 1 N–H and O–H groups in total. The molecule has 0 fully saturated rings. The van der Waals surface area contributed by atoms with Crippen LogP contribution in [0.15, 0.2) is 31.0 Å². The highest BCUT2D eigenvalue weighted by molar-refractivity contribution is 5.74. The normalized spacial score (nSPS) is 9.19. The molecule has 0 aliphatic carbocycles. The van der Waals surface area contributed by atoms with Gasteiger partial charge in [0.05, 0.1) is 5.56 Å². The predicted molar refractivity (Wildman–Crippen MR) is 59.0 cm³/mol. The lowest BCUT2D eigenvalue weighted by Crippen LogP contribution is -2.31. The van der Waals surface area contributed by atoms with Gasteiger partial charge in [0.25, 0.3) is 0 Å². The number of hydrogen-bond acceptors (Lipinski definition) is 4. The van der Waals surface area contributed by atoms with E-state index in [1.165, 1.54) is 11.1 Å². The van der Waals surface area contributed by atoms with Crippen molar-refractivity contribution in [1.82, 2.24) is 4.98 Å². The number of pyridine rings is 1. The van der Waals surface area contributed by atoms with Crippen LogP contribution in [0.1, 0.15) is 5.56 Å². The van der Waals surface area contributed by atoms with Gasteiger partial charge in [-0.15, -0.1) is 6.58 Å². The number of nitrogens with zero attached hydrogens (tertiary/aromatic N) is 3. The van der Waals surface area contributed by atoms with E-state index < -0.39 is 5.97 Å². The molecule has 0 radical (unpaired) electrons. The van der Waals surface area contributed by atoms with E-state index in [0.29, 0.717) is 17.9 Å². The average Bonchev–Trinajstić information content (AvgIpc) is 2.28. The first-order valence-electron chi connectivity index (χ1n) is 4.61. The fourth-order valence-electron chi connectivity index (χ4n) is 1.28. The van der Waals surface area contributed by atoms with Gasteiger partial charge in [-0.1, -0.05) is 6.08 Å². The summed E-state index contributed by atoms with van der Waals surface area (Å²) < 4.78 is 0. The molecule has 0 saturated carbocycles. The lowest BCUT2D eigenvalue weighted by molar-refractivity contribution is -0.135. The second kappa shape index (κ2) is 5.51. The van der Waals surface area contributed by atoms with Crippen LogP contribution in [0, 0.1) is 11.3 Å². The molecule has 5 nitrogen and oxygen atoms in total. The van der Waals surface area contributed by atoms with E-state index in [0.717, 1.165) is 0 Å². The van der Waals surface area contributed by atoms with Gasteiger partial charge in [-0.3, -0.25) is 4.79 Å². The molecule has 82 valence electrons. The zero-order valence-electron chi connectivity index (χ0n) is 8.63. The van der Waals surface area contributed by atoms with Crippen LogP contribution < -0.4 is 4.90 Å². The Labute approximate surface area is 93.3 Å². The summed E-state index contributed by atoms with van der Waals surface area (Å²) in [6, 6.07) is 5.21. The molecule has 0 unspecified atom stereocenters. The number of rotatable bonds is 5. The van der Waals surface area contributed by atoms with Crippen molar-refractivity contribution in [2.45, 2.75) is 0 Å². The van der Waals surface area contributed by atoms with Crippen LogP contribution in [0.25, 0.3) is 0 Å². The lowest BCUT2D eigenvalue weighted by Gasteiger charge is -2.20. The molecule has 0 spiro atoms. The van der Waals surface area contributed by atoms with Gasteiger partial charge in [-0.05, 0) is 12.1 Å². The van der Waals surface area contributed by atoms with E-state index in [2.05, 4.69) is 11.6 Å². The summed E-state index contributed by atoms with van der Waals surface area (Å²) in [6.07, 6.45) is 3.09.